The van der Waals surface area contributed by atoms with Crippen LogP contribution < -0.4 is 0 Å². The Morgan fingerprint density at radius 2 is 0.924 bits per heavy atom. The molecule has 0 spiro atoms. The van der Waals surface area contributed by atoms with Crippen molar-refractivity contribution in [2.45, 2.75) is 303 Å². The van der Waals surface area contributed by atoms with E-state index in [1.165, 1.54) is 186 Å². The first-order valence-corrected chi connectivity index (χ1v) is 33.2. The van der Waals surface area contributed by atoms with E-state index in [4.69, 9.17) is 18.3 Å². The molecule has 0 amide bonds. The summed E-state index contributed by atoms with van der Waals surface area (Å²) >= 11 is 1.84. The zero-order valence-corrected chi connectivity index (χ0v) is 47.4. The number of carbonyl (C=O) groups is 1. The molecule has 0 heterocycles. The fraction of sp³-hybridized carbons (Fsp3) is 0.982. The van der Waals surface area contributed by atoms with Crippen LogP contribution in [0.5, 0.6) is 0 Å². The Morgan fingerprint density at radius 1 is 0.500 bits per heavy atom. The standard InChI is InChI=1S/C57H117NO6SSi/c1-8-13-18-22-25-32-43-54(42-31-21-16-11-4)53-63-66(6,7)64-56(45-34-24-20-15-10-3)61-50-39-29-27-35-46-58(48-37-38-49-59)47-36-28-30-40-51-62-57(60)55(65-52-41-17-12-5)44-33-26-23-19-14-9-2/h54-56,59H,8-53H2,1-7H3. The van der Waals surface area contributed by atoms with Crippen LogP contribution in [-0.2, 0) is 23.1 Å². The van der Waals surface area contributed by atoms with E-state index in [0.717, 1.165) is 96.4 Å². The van der Waals surface area contributed by atoms with Crippen LogP contribution in [0.25, 0.3) is 0 Å². The lowest BCUT2D eigenvalue weighted by Crippen LogP contribution is -2.41. The van der Waals surface area contributed by atoms with Gasteiger partial charge in [0, 0.05) is 19.8 Å². The molecule has 3 atom stereocenters. The molecular formula is C57H117NO6SSi. The second-order valence-electron chi connectivity index (χ2n) is 20.5. The van der Waals surface area contributed by atoms with Crippen molar-refractivity contribution in [3.05, 3.63) is 0 Å². The molecule has 1 N–H and O–H groups in total. The number of rotatable bonds is 55. The predicted molar refractivity (Wildman–Crippen MR) is 292 cm³/mol. The van der Waals surface area contributed by atoms with Gasteiger partial charge in [-0.25, -0.2) is 0 Å². The Balaban J connectivity index is 4.79. The molecule has 396 valence electrons. The fourth-order valence-electron chi connectivity index (χ4n) is 8.95. The Morgan fingerprint density at radius 3 is 1.47 bits per heavy atom. The number of hydrogen-bond donors (Lipinski definition) is 1. The number of hydrogen-bond acceptors (Lipinski definition) is 8. The van der Waals surface area contributed by atoms with Crippen molar-refractivity contribution in [1.82, 2.24) is 4.90 Å². The van der Waals surface area contributed by atoms with Crippen molar-refractivity contribution >= 4 is 26.3 Å². The zero-order chi connectivity index (χ0) is 48.4. The average Bonchev–Trinajstić information content (AvgIpc) is 3.30. The van der Waals surface area contributed by atoms with E-state index in [1.54, 1.807) is 0 Å². The van der Waals surface area contributed by atoms with E-state index >= 15 is 0 Å². The van der Waals surface area contributed by atoms with E-state index in [0.29, 0.717) is 12.5 Å². The predicted octanol–water partition coefficient (Wildman–Crippen LogP) is 17.5. The lowest BCUT2D eigenvalue weighted by Gasteiger charge is -2.31. The zero-order valence-electron chi connectivity index (χ0n) is 45.6. The van der Waals surface area contributed by atoms with Crippen LogP contribution in [0.2, 0.25) is 13.1 Å². The number of carbonyl (C=O) groups excluding carboxylic acids is 1. The quantitative estimate of drug-likeness (QED) is 0.0280. The first-order chi connectivity index (χ1) is 32.3. The first kappa shape index (κ1) is 65.8. The van der Waals surface area contributed by atoms with Crippen LogP contribution in [0.3, 0.4) is 0 Å². The molecule has 3 unspecified atom stereocenters. The minimum atomic E-state index is -2.34. The van der Waals surface area contributed by atoms with E-state index in [9.17, 15) is 9.90 Å². The number of thioether (sulfide) groups is 1. The van der Waals surface area contributed by atoms with Crippen LogP contribution in [0.4, 0.5) is 0 Å². The number of esters is 1. The van der Waals surface area contributed by atoms with Gasteiger partial charge in [-0.05, 0) is 121 Å². The lowest BCUT2D eigenvalue weighted by atomic mass is 9.95. The average molecular weight is 973 g/mol. The van der Waals surface area contributed by atoms with Gasteiger partial charge < -0.3 is 28.3 Å². The lowest BCUT2D eigenvalue weighted by molar-refractivity contribution is -0.143. The minimum Gasteiger partial charge on any atom is -0.465 e. The molecule has 0 aromatic heterocycles. The maximum Gasteiger partial charge on any atom is 0.333 e. The molecule has 66 heavy (non-hydrogen) atoms. The molecule has 0 aromatic carbocycles. The van der Waals surface area contributed by atoms with Crippen LogP contribution in [-0.4, -0.2) is 87.9 Å². The third-order valence-corrected chi connectivity index (χ3v) is 16.4. The molecule has 0 aliphatic carbocycles. The molecule has 0 aromatic rings. The number of aliphatic hydroxyl groups is 1. The third-order valence-electron chi connectivity index (χ3n) is 13.4. The van der Waals surface area contributed by atoms with Gasteiger partial charge in [-0.1, -0.05) is 202 Å². The minimum absolute atomic E-state index is 0.00953. The second-order valence-corrected chi connectivity index (χ2v) is 25.1. The summed E-state index contributed by atoms with van der Waals surface area (Å²) in [5, 5.41) is 9.45. The van der Waals surface area contributed by atoms with Crippen molar-refractivity contribution in [3.63, 3.8) is 0 Å². The molecule has 7 nitrogen and oxygen atoms in total. The van der Waals surface area contributed by atoms with E-state index in [-0.39, 0.29) is 24.1 Å². The van der Waals surface area contributed by atoms with Crippen molar-refractivity contribution in [2.24, 2.45) is 5.92 Å². The van der Waals surface area contributed by atoms with Crippen LogP contribution in [0, 0.1) is 5.92 Å². The largest absolute Gasteiger partial charge is 0.465 e. The van der Waals surface area contributed by atoms with Crippen molar-refractivity contribution in [3.8, 4) is 0 Å². The van der Waals surface area contributed by atoms with E-state index in [1.807, 2.05) is 11.8 Å². The topological polar surface area (TPSA) is 77.5 Å². The van der Waals surface area contributed by atoms with Gasteiger partial charge in [0.25, 0.3) is 0 Å². The Kier molecular flexibility index (Phi) is 51.1. The van der Waals surface area contributed by atoms with Gasteiger partial charge in [0.2, 0.25) is 0 Å². The van der Waals surface area contributed by atoms with Gasteiger partial charge in [-0.15, -0.1) is 11.8 Å². The van der Waals surface area contributed by atoms with Gasteiger partial charge in [0.1, 0.15) is 11.5 Å². The molecule has 0 fully saturated rings. The van der Waals surface area contributed by atoms with Gasteiger partial charge in [-0.2, -0.15) is 0 Å². The summed E-state index contributed by atoms with van der Waals surface area (Å²) in [5.74, 6) is 1.74. The molecule has 0 rings (SSSR count). The molecule has 9 heteroatoms. The maximum absolute atomic E-state index is 13.1. The van der Waals surface area contributed by atoms with Gasteiger partial charge in [0.05, 0.1) is 6.61 Å². The summed E-state index contributed by atoms with van der Waals surface area (Å²) in [6.45, 7) is 21.6. The number of aliphatic hydroxyl groups excluding tert-OH is 1. The van der Waals surface area contributed by atoms with Crippen molar-refractivity contribution in [2.75, 3.05) is 51.8 Å². The number of ether oxygens (including phenoxy) is 2. The van der Waals surface area contributed by atoms with Crippen LogP contribution in [0.15, 0.2) is 0 Å². The molecule has 0 aliphatic rings. The first-order valence-electron chi connectivity index (χ1n) is 29.3. The summed E-state index contributed by atoms with van der Waals surface area (Å²) in [4.78, 5) is 15.7. The summed E-state index contributed by atoms with van der Waals surface area (Å²) < 4.78 is 25.9. The van der Waals surface area contributed by atoms with E-state index in [2.05, 4.69) is 52.6 Å². The highest BCUT2D eigenvalue weighted by Gasteiger charge is 2.30. The second kappa shape index (κ2) is 51.2. The van der Waals surface area contributed by atoms with Gasteiger partial charge >= 0.3 is 14.5 Å². The maximum atomic E-state index is 13.1. The number of nitrogens with zero attached hydrogens (tertiary/aromatic N) is 1. The molecule has 0 radical (unpaired) electrons. The molecule has 0 saturated heterocycles. The highest BCUT2D eigenvalue weighted by Crippen LogP contribution is 2.25. The summed E-state index contributed by atoms with van der Waals surface area (Å²) in [7, 11) is -2.34. The SMILES string of the molecule is CCCCCCCCC(CCCCCC)CO[Si](C)(C)OC(CCCCCCC)OCCCCCCN(CCCCO)CCCCCCOC(=O)C(CCCCCCCC)SCCCCC. The van der Waals surface area contributed by atoms with Crippen LogP contribution >= 0.6 is 11.8 Å². The molecular weight excluding hydrogens is 855 g/mol. The highest BCUT2D eigenvalue weighted by atomic mass is 32.2. The Hall–Kier alpha value is -0.163. The van der Waals surface area contributed by atoms with Crippen molar-refractivity contribution < 1.29 is 28.2 Å². The van der Waals surface area contributed by atoms with Crippen molar-refractivity contribution in [1.29, 1.82) is 0 Å². The summed E-state index contributed by atoms with van der Waals surface area (Å²) in [6.07, 6.45) is 46.3. The van der Waals surface area contributed by atoms with Crippen LogP contribution in [0.1, 0.15) is 279 Å². The monoisotopic (exact) mass is 972 g/mol. The normalized spacial score (nSPS) is 13.5. The molecule has 0 aliphatic heterocycles. The number of unbranched alkanes of at least 4 members (excludes halogenated alkanes) is 26. The van der Waals surface area contributed by atoms with Gasteiger partial charge in [-0.3, -0.25) is 4.79 Å². The smallest absolute Gasteiger partial charge is 0.333 e. The third kappa shape index (κ3) is 45.0. The Labute approximate surface area is 418 Å². The highest BCUT2D eigenvalue weighted by molar-refractivity contribution is 8.00. The van der Waals surface area contributed by atoms with Gasteiger partial charge in [0.15, 0.2) is 0 Å². The summed E-state index contributed by atoms with van der Waals surface area (Å²) in [5.41, 5.74) is 0. The van der Waals surface area contributed by atoms with E-state index < -0.39 is 8.56 Å². The summed E-state index contributed by atoms with van der Waals surface area (Å²) in [6, 6.07) is 0. The fourth-order valence-corrected chi connectivity index (χ4v) is 11.7. The molecule has 0 saturated carbocycles. The molecule has 0 bridgehead atoms. The Bertz CT molecular complexity index is 977.